The highest BCUT2D eigenvalue weighted by atomic mass is 35.5. The molecule has 1 aromatic carbocycles. The average molecular weight is 347 g/mol. The number of sulfone groups is 1. The third kappa shape index (κ3) is 3.47. The van der Waals surface area contributed by atoms with Crippen LogP contribution in [-0.4, -0.2) is 18.6 Å². The van der Waals surface area contributed by atoms with E-state index in [1.54, 1.807) is 0 Å². The number of rotatable bonds is 5. The number of hydrogen-bond donors (Lipinski definition) is 0. The first kappa shape index (κ1) is 16.9. The molecule has 1 aromatic heterocycles. The van der Waals surface area contributed by atoms with Crippen LogP contribution in [0.15, 0.2) is 22.7 Å². The lowest BCUT2D eigenvalue weighted by atomic mass is 10.2. The van der Waals surface area contributed by atoms with Crippen LogP contribution in [0.25, 0.3) is 0 Å². The first-order chi connectivity index (χ1) is 10.2. The van der Waals surface area contributed by atoms with Gasteiger partial charge in [-0.1, -0.05) is 36.7 Å². The van der Waals surface area contributed by atoms with E-state index in [0.29, 0.717) is 5.82 Å². The number of halogens is 2. The molecule has 0 spiro atoms. The van der Waals surface area contributed by atoms with Crippen molar-refractivity contribution in [2.75, 3.05) is 0 Å². The summed E-state index contributed by atoms with van der Waals surface area (Å²) in [5.41, 5.74) is -0.0559. The molecule has 0 fully saturated rings. The van der Waals surface area contributed by atoms with E-state index < -0.39 is 26.7 Å². The summed E-state index contributed by atoms with van der Waals surface area (Å²) in [6.45, 7) is 5.17. The van der Waals surface area contributed by atoms with Gasteiger partial charge >= 0.3 is 0 Å². The summed E-state index contributed by atoms with van der Waals surface area (Å²) < 4.78 is 43.6. The lowest BCUT2D eigenvalue weighted by Gasteiger charge is -2.10. The van der Waals surface area contributed by atoms with Gasteiger partial charge in [0.2, 0.25) is 5.89 Å². The van der Waals surface area contributed by atoms with Gasteiger partial charge in [0.05, 0.1) is 5.75 Å². The van der Waals surface area contributed by atoms with Crippen molar-refractivity contribution in [2.45, 2.75) is 37.7 Å². The molecule has 0 bridgehead atoms. The summed E-state index contributed by atoms with van der Waals surface area (Å²) in [6, 6.07) is 4.04. The van der Waals surface area contributed by atoms with Gasteiger partial charge in [-0.15, -0.1) is 0 Å². The fraction of sp³-hybridized carbons (Fsp3) is 0.429. The minimum Gasteiger partial charge on any atom is -0.338 e. The zero-order valence-corrected chi connectivity index (χ0v) is 13.9. The maximum Gasteiger partial charge on any atom is 0.244 e. The van der Waals surface area contributed by atoms with Crippen LogP contribution >= 0.6 is 11.6 Å². The van der Waals surface area contributed by atoms with Crippen molar-refractivity contribution in [1.29, 1.82) is 0 Å². The minimum absolute atomic E-state index is 0.00355. The van der Waals surface area contributed by atoms with Crippen LogP contribution < -0.4 is 0 Å². The predicted molar refractivity (Wildman–Crippen MR) is 80.8 cm³/mol. The van der Waals surface area contributed by atoms with Gasteiger partial charge < -0.3 is 4.52 Å². The van der Waals surface area contributed by atoms with Gasteiger partial charge in [-0.25, -0.2) is 12.8 Å². The van der Waals surface area contributed by atoms with Crippen LogP contribution in [-0.2, 0) is 15.6 Å². The van der Waals surface area contributed by atoms with E-state index in [4.69, 9.17) is 16.1 Å². The Morgan fingerprint density at radius 3 is 2.55 bits per heavy atom. The second-order valence-electron chi connectivity index (χ2n) is 5.30. The van der Waals surface area contributed by atoms with Crippen molar-refractivity contribution in [2.24, 2.45) is 0 Å². The molecule has 120 valence electrons. The Labute approximate surface area is 133 Å². The Morgan fingerprint density at radius 1 is 1.32 bits per heavy atom. The Kier molecular flexibility index (Phi) is 4.87. The second-order valence-corrected chi connectivity index (χ2v) is 8.02. The van der Waals surface area contributed by atoms with Crippen molar-refractivity contribution < 1.29 is 17.3 Å². The van der Waals surface area contributed by atoms with Gasteiger partial charge in [0.15, 0.2) is 15.7 Å². The van der Waals surface area contributed by atoms with E-state index in [0.717, 1.165) is 0 Å². The minimum atomic E-state index is -3.74. The quantitative estimate of drug-likeness (QED) is 0.826. The van der Waals surface area contributed by atoms with E-state index >= 15 is 0 Å². The molecule has 22 heavy (non-hydrogen) atoms. The van der Waals surface area contributed by atoms with Crippen molar-refractivity contribution in [3.8, 4) is 0 Å². The lowest BCUT2D eigenvalue weighted by Crippen LogP contribution is -2.14. The molecule has 8 heteroatoms. The number of aromatic nitrogens is 2. The third-order valence-electron chi connectivity index (χ3n) is 3.27. The summed E-state index contributed by atoms with van der Waals surface area (Å²) in [6.07, 6.45) is 0. The van der Waals surface area contributed by atoms with E-state index in [2.05, 4.69) is 10.1 Å². The number of nitrogens with zero attached hydrogens (tertiary/aromatic N) is 2. The normalized spacial score (nSPS) is 13.5. The monoisotopic (exact) mass is 346 g/mol. The Bertz CT molecular complexity index is 754. The van der Waals surface area contributed by atoms with Gasteiger partial charge in [0.1, 0.15) is 11.1 Å². The molecule has 2 aromatic rings. The zero-order chi connectivity index (χ0) is 16.5. The molecular weight excluding hydrogens is 331 g/mol. The molecule has 0 saturated carbocycles. The molecule has 0 aliphatic carbocycles. The van der Waals surface area contributed by atoms with Crippen molar-refractivity contribution >= 4 is 21.4 Å². The molecule has 0 amide bonds. The molecule has 2 rings (SSSR count). The van der Waals surface area contributed by atoms with Crippen molar-refractivity contribution in [3.63, 3.8) is 0 Å². The van der Waals surface area contributed by atoms with Gasteiger partial charge in [-0.3, -0.25) is 0 Å². The summed E-state index contributed by atoms with van der Waals surface area (Å²) in [4.78, 5) is 4.08. The van der Waals surface area contributed by atoms with Crippen molar-refractivity contribution in [3.05, 3.63) is 46.3 Å². The molecule has 1 heterocycles. The van der Waals surface area contributed by atoms with Crippen LogP contribution in [0.4, 0.5) is 4.39 Å². The van der Waals surface area contributed by atoms with Gasteiger partial charge in [0, 0.05) is 16.5 Å². The molecular formula is C14H16ClFN2O3S. The van der Waals surface area contributed by atoms with E-state index in [9.17, 15) is 12.8 Å². The van der Waals surface area contributed by atoms with E-state index in [-0.39, 0.29) is 22.4 Å². The number of hydrogen-bond acceptors (Lipinski definition) is 5. The fourth-order valence-corrected chi connectivity index (χ4v) is 3.45. The summed E-state index contributed by atoms with van der Waals surface area (Å²) >= 11 is 5.88. The Balaban J connectivity index is 2.29. The lowest BCUT2D eigenvalue weighted by molar-refractivity contribution is 0.369. The predicted octanol–water partition coefficient (Wildman–Crippen LogP) is 3.66. The fourth-order valence-electron chi connectivity index (χ4n) is 1.80. The molecule has 0 aliphatic rings. The second kappa shape index (κ2) is 6.34. The highest BCUT2D eigenvalue weighted by molar-refractivity contribution is 7.90. The maximum absolute atomic E-state index is 13.8. The maximum atomic E-state index is 13.8. The van der Waals surface area contributed by atoms with Crippen LogP contribution in [0.5, 0.6) is 0 Å². The highest BCUT2D eigenvalue weighted by Crippen LogP contribution is 2.28. The first-order valence-electron chi connectivity index (χ1n) is 6.70. The van der Waals surface area contributed by atoms with Crippen molar-refractivity contribution in [1.82, 2.24) is 10.1 Å². The summed E-state index contributed by atoms with van der Waals surface area (Å²) in [5, 5.41) is 2.78. The SMILES string of the molecule is CC(C)c1noc([C@@H](C)S(=O)(=O)Cc2c(F)cccc2Cl)n1. The Morgan fingerprint density at radius 2 is 2.00 bits per heavy atom. The smallest absolute Gasteiger partial charge is 0.244 e. The Hall–Kier alpha value is -1.47. The standard InChI is InChI=1S/C14H16ClFN2O3S/c1-8(2)13-17-14(21-18-13)9(3)22(19,20)7-10-11(15)5-4-6-12(10)16/h4-6,8-9H,7H2,1-3H3/t9-/m1/s1. The van der Waals surface area contributed by atoms with Gasteiger partial charge in [0.25, 0.3) is 0 Å². The van der Waals surface area contributed by atoms with Gasteiger partial charge in [-0.2, -0.15) is 4.98 Å². The van der Waals surface area contributed by atoms with Crippen LogP contribution in [0, 0.1) is 5.82 Å². The molecule has 0 aliphatic heterocycles. The molecule has 5 nitrogen and oxygen atoms in total. The molecule has 0 radical (unpaired) electrons. The summed E-state index contributed by atoms with van der Waals surface area (Å²) in [5.74, 6) is -0.735. The van der Waals surface area contributed by atoms with E-state index in [1.165, 1.54) is 25.1 Å². The third-order valence-corrected chi connectivity index (χ3v) is 5.59. The molecule has 0 unspecified atom stereocenters. The molecule has 0 saturated heterocycles. The first-order valence-corrected chi connectivity index (χ1v) is 8.79. The topological polar surface area (TPSA) is 73.1 Å². The highest BCUT2D eigenvalue weighted by Gasteiger charge is 2.30. The molecule has 0 N–H and O–H groups in total. The number of benzene rings is 1. The van der Waals surface area contributed by atoms with E-state index in [1.807, 2.05) is 13.8 Å². The zero-order valence-electron chi connectivity index (χ0n) is 12.4. The van der Waals surface area contributed by atoms with Gasteiger partial charge in [-0.05, 0) is 19.1 Å². The largest absolute Gasteiger partial charge is 0.338 e. The van der Waals surface area contributed by atoms with Crippen LogP contribution in [0.1, 0.15) is 49.2 Å². The summed E-state index contributed by atoms with van der Waals surface area (Å²) in [7, 11) is -3.74. The van der Waals surface area contributed by atoms with Crippen LogP contribution in [0.2, 0.25) is 5.02 Å². The average Bonchev–Trinajstić information content (AvgIpc) is 2.92. The molecule has 1 atom stereocenters. The van der Waals surface area contributed by atoms with Crippen LogP contribution in [0.3, 0.4) is 0 Å².